The Morgan fingerprint density at radius 2 is 1.93 bits per heavy atom. The molecule has 1 aliphatic carbocycles. The van der Waals surface area contributed by atoms with Crippen molar-refractivity contribution >= 4 is 28.3 Å². The van der Waals surface area contributed by atoms with E-state index < -0.39 is 0 Å². The summed E-state index contributed by atoms with van der Waals surface area (Å²) in [5.41, 5.74) is 3.96. The van der Waals surface area contributed by atoms with Crippen molar-refractivity contribution < 1.29 is 14.3 Å². The second kappa shape index (κ2) is 7.44. The van der Waals surface area contributed by atoms with Gasteiger partial charge in [0.05, 0.1) is 11.3 Å². The molecule has 2 aromatic carbocycles. The molecule has 0 spiro atoms. The van der Waals surface area contributed by atoms with Crippen LogP contribution in [0.2, 0.25) is 0 Å². The summed E-state index contributed by atoms with van der Waals surface area (Å²) in [5, 5.41) is 3.58. The number of carbonyl (C=O) groups is 2. The van der Waals surface area contributed by atoms with Gasteiger partial charge in [-0.15, -0.1) is 11.3 Å². The maximum atomic E-state index is 12.8. The maximum Gasteiger partial charge on any atom is 0.339 e. The molecule has 0 unspecified atom stereocenters. The van der Waals surface area contributed by atoms with Crippen molar-refractivity contribution in [2.75, 3.05) is 5.32 Å². The predicted octanol–water partition coefficient (Wildman–Crippen LogP) is 4.73. The van der Waals surface area contributed by atoms with Gasteiger partial charge in [-0.25, -0.2) is 9.78 Å². The first-order valence-electron chi connectivity index (χ1n) is 9.86. The van der Waals surface area contributed by atoms with Crippen LogP contribution in [0, 0.1) is 0 Å². The third kappa shape index (κ3) is 3.56. The largest absolute Gasteiger partial charge is 0.454 e. The van der Waals surface area contributed by atoms with E-state index in [1.54, 1.807) is 29.5 Å². The minimum atomic E-state index is -0.348. The highest BCUT2D eigenvalue weighted by atomic mass is 32.1. The number of cyclic esters (lactones) is 1. The van der Waals surface area contributed by atoms with Gasteiger partial charge in [-0.2, -0.15) is 0 Å². The van der Waals surface area contributed by atoms with Gasteiger partial charge < -0.3 is 4.74 Å². The fourth-order valence-corrected chi connectivity index (χ4v) is 5.01. The van der Waals surface area contributed by atoms with E-state index >= 15 is 0 Å². The van der Waals surface area contributed by atoms with Gasteiger partial charge in [-0.05, 0) is 55.0 Å². The van der Waals surface area contributed by atoms with Gasteiger partial charge in [0.15, 0.2) is 5.13 Å². The van der Waals surface area contributed by atoms with Gasteiger partial charge in [-0.3, -0.25) is 10.1 Å². The van der Waals surface area contributed by atoms with E-state index in [9.17, 15) is 9.59 Å². The number of nitrogens with one attached hydrogen (secondary N) is 1. The highest BCUT2D eigenvalue weighted by molar-refractivity contribution is 7.15. The Kier molecular flexibility index (Phi) is 4.64. The molecule has 29 heavy (non-hydrogen) atoms. The number of aryl methyl sites for hydroxylation is 2. The zero-order chi connectivity index (χ0) is 19.8. The zero-order valence-corrected chi connectivity index (χ0v) is 16.6. The first-order chi connectivity index (χ1) is 14.2. The SMILES string of the molecule is O=C(Nc1nc2c(s1)CCCC2)c1ccc2c(c1)C[C@H](c1ccccc1)OC2=O. The minimum Gasteiger partial charge on any atom is -0.454 e. The number of nitrogens with zero attached hydrogens (tertiary/aromatic N) is 1. The van der Waals surface area contributed by atoms with Crippen LogP contribution in [0.1, 0.15) is 61.4 Å². The molecule has 5 nitrogen and oxygen atoms in total. The average Bonchev–Trinajstić information content (AvgIpc) is 3.16. The number of fused-ring (bicyclic) bond motifs is 2. The molecule has 2 heterocycles. The average molecular weight is 404 g/mol. The summed E-state index contributed by atoms with van der Waals surface area (Å²) < 4.78 is 5.59. The molecule has 5 rings (SSSR count). The molecule has 1 aromatic heterocycles. The first kappa shape index (κ1) is 18.1. The summed E-state index contributed by atoms with van der Waals surface area (Å²) in [6.07, 6.45) is 4.60. The second-order valence-corrected chi connectivity index (χ2v) is 8.51. The number of carbonyl (C=O) groups excluding carboxylic acids is 2. The molecular formula is C23H20N2O3S. The minimum absolute atomic E-state index is 0.200. The number of hydrogen-bond acceptors (Lipinski definition) is 5. The fraction of sp³-hybridized carbons (Fsp3) is 0.261. The van der Waals surface area contributed by atoms with Crippen molar-refractivity contribution in [3.05, 3.63) is 81.4 Å². The second-order valence-electron chi connectivity index (χ2n) is 7.43. The molecular weight excluding hydrogens is 384 g/mol. The van der Waals surface area contributed by atoms with Crippen molar-refractivity contribution in [3.8, 4) is 0 Å². The number of hydrogen-bond donors (Lipinski definition) is 1. The smallest absolute Gasteiger partial charge is 0.339 e. The number of amides is 1. The summed E-state index contributed by atoms with van der Waals surface area (Å²) in [6, 6.07) is 14.8. The zero-order valence-electron chi connectivity index (χ0n) is 15.8. The molecule has 2 aliphatic rings. The van der Waals surface area contributed by atoms with Gasteiger partial charge >= 0.3 is 5.97 Å². The van der Waals surface area contributed by atoms with E-state index in [1.807, 2.05) is 30.3 Å². The molecule has 0 radical (unpaired) electrons. The highest BCUT2D eigenvalue weighted by Crippen LogP contribution is 2.32. The number of rotatable bonds is 3. The van der Waals surface area contributed by atoms with Crippen molar-refractivity contribution in [2.45, 2.75) is 38.2 Å². The van der Waals surface area contributed by atoms with Crippen molar-refractivity contribution in [1.29, 1.82) is 0 Å². The predicted molar refractivity (Wildman–Crippen MR) is 111 cm³/mol. The molecule has 1 N–H and O–H groups in total. The Balaban J connectivity index is 1.38. The van der Waals surface area contributed by atoms with Crippen LogP contribution in [0.3, 0.4) is 0 Å². The van der Waals surface area contributed by atoms with Gasteiger partial charge in [0.1, 0.15) is 6.10 Å². The van der Waals surface area contributed by atoms with Gasteiger partial charge in [0, 0.05) is 16.9 Å². The van der Waals surface area contributed by atoms with E-state index in [1.165, 1.54) is 11.3 Å². The molecule has 0 saturated carbocycles. The Morgan fingerprint density at radius 1 is 1.10 bits per heavy atom. The Morgan fingerprint density at radius 3 is 2.76 bits per heavy atom. The summed E-state index contributed by atoms with van der Waals surface area (Å²) in [4.78, 5) is 31.1. The molecule has 0 bridgehead atoms. The standard InChI is InChI=1S/C23H20N2O3S/c26-21(25-23-24-18-8-4-5-9-20(18)29-23)15-10-11-17-16(12-15)13-19(28-22(17)27)14-6-2-1-3-7-14/h1-3,6-7,10-12,19H,4-5,8-9,13H2,(H,24,25,26)/t19-/m1/s1. The Hall–Kier alpha value is -2.99. The Bertz CT molecular complexity index is 1070. The van der Waals surface area contributed by atoms with E-state index in [0.29, 0.717) is 22.7 Å². The Labute approximate surface area is 172 Å². The van der Waals surface area contributed by atoms with E-state index in [2.05, 4.69) is 10.3 Å². The van der Waals surface area contributed by atoms with Gasteiger partial charge in [-0.1, -0.05) is 30.3 Å². The lowest BCUT2D eigenvalue weighted by Gasteiger charge is -2.25. The maximum absolute atomic E-state index is 12.8. The van der Waals surface area contributed by atoms with Crippen LogP contribution in [-0.4, -0.2) is 16.9 Å². The molecule has 6 heteroatoms. The van der Waals surface area contributed by atoms with Gasteiger partial charge in [0.2, 0.25) is 0 Å². The van der Waals surface area contributed by atoms with Crippen LogP contribution in [0.15, 0.2) is 48.5 Å². The van der Waals surface area contributed by atoms with Crippen molar-refractivity contribution in [2.24, 2.45) is 0 Å². The summed E-state index contributed by atoms with van der Waals surface area (Å²) in [6.45, 7) is 0. The molecule has 146 valence electrons. The highest BCUT2D eigenvalue weighted by Gasteiger charge is 2.28. The molecule has 3 aromatic rings. The third-order valence-electron chi connectivity index (χ3n) is 5.48. The lowest BCUT2D eigenvalue weighted by atomic mass is 9.93. The first-order valence-corrected chi connectivity index (χ1v) is 10.7. The normalized spacial score (nSPS) is 17.8. The van der Waals surface area contributed by atoms with E-state index in [0.717, 1.165) is 36.1 Å². The van der Waals surface area contributed by atoms with Crippen LogP contribution < -0.4 is 5.32 Å². The van der Waals surface area contributed by atoms with Crippen LogP contribution >= 0.6 is 11.3 Å². The third-order valence-corrected chi connectivity index (χ3v) is 6.55. The van der Waals surface area contributed by atoms with Crippen molar-refractivity contribution in [1.82, 2.24) is 4.98 Å². The molecule has 0 saturated heterocycles. The number of benzene rings is 2. The van der Waals surface area contributed by atoms with E-state index in [4.69, 9.17) is 4.74 Å². The molecule has 0 fully saturated rings. The number of ether oxygens (including phenoxy) is 1. The lowest BCUT2D eigenvalue weighted by molar-refractivity contribution is 0.0252. The molecule has 1 aliphatic heterocycles. The van der Waals surface area contributed by atoms with Crippen LogP contribution in [0.25, 0.3) is 0 Å². The monoisotopic (exact) mass is 404 g/mol. The fourth-order valence-electron chi connectivity index (χ4n) is 3.97. The van der Waals surface area contributed by atoms with Crippen molar-refractivity contribution in [3.63, 3.8) is 0 Å². The molecule has 1 amide bonds. The molecule has 1 atom stereocenters. The van der Waals surface area contributed by atoms with Crippen LogP contribution in [-0.2, 0) is 24.0 Å². The lowest BCUT2D eigenvalue weighted by Crippen LogP contribution is -2.23. The van der Waals surface area contributed by atoms with E-state index in [-0.39, 0.29) is 18.0 Å². The summed E-state index contributed by atoms with van der Waals surface area (Å²) in [5.74, 6) is -0.547. The summed E-state index contributed by atoms with van der Waals surface area (Å²) in [7, 11) is 0. The number of anilines is 1. The number of thiazole rings is 1. The number of esters is 1. The van der Waals surface area contributed by atoms with Crippen LogP contribution in [0.5, 0.6) is 0 Å². The van der Waals surface area contributed by atoms with Crippen LogP contribution in [0.4, 0.5) is 5.13 Å². The number of aromatic nitrogens is 1. The quantitative estimate of drug-likeness (QED) is 0.641. The summed E-state index contributed by atoms with van der Waals surface area (Å²) >= 11 is 1.57. The van der Waals surface area contributed by atoms with Gasteiger partial charge in [0.25, 0.3) is 5.91 Å². The topological polar surface area (TPSA) is 68.3 Å².